The minimum Gasteiger partial charge on any atom is -0.311 e. The normalized spacial score (nSPS) is 14.0. The Morgan fingerprint density at radius 3 is 1.90 bits per heavy atom. The molecule has 0 saturated heterocycles. The molecule has 250 valence electrons. The van der Waals surface area contributed by atoms with Gasteiger partial charge in [-0.1, -0.05) is 126 Å². The molecule has 3 aliphatic rings. The van der Waals surface area contributed by atoms with Gasteiger partial charge >= 0.3 is 0 Å². The average molecular weight is 669 g/mol. The number of hydrogen-bond donors (Lipinski definition) is 0. The van der Waals surface area contributed by atoms with Crippen LogP contribution < -0.4 is 21.3 Å². The lowest BCUT2D eigenvalue weighted by atomic mass is 9.33. The number of aromatic nitrogens is 1. The Bertz CT molecular complexity index is 2880. The first-order valence-electron chi connectivity index (χ1n) is 18.8. The molecule has 3 heterocycles. The van der Waals surface area contributed by atoms with Crippen LogP contribution in [0.4, 0.5) is 17.1 Å². The predicted octanol–water partition coefficient (Wildman–Crippen LogP) is 11.1. The molecule has 2 aliphatic heterocycles. The Kier molecular flexibility index (Phi) is 5.71. The monoisotopic (exact) mass is 668 g/mol. The first-order valence-corrected chi connectivity index (χ1v) is 18.8. The van der Waals surface area contributed by atoms with Crippen LogP contribution in [0.5, 0.6) is 0 Å². The van der Waals surface area contributed by atoms with Crippen molar-refractivity contribution in [3.8, 4) is 27.9 Å². The lowest BCUT2D eigenvalue weighted by Crippen LogP contribution is -2.60. The standard InChI is InChI=1S/C49H41BN2/c1-28-25-41-46-42(26-28)52-40-23-15-29-11-10-14-35-33-12-8-9-13-34(33)36-21-22-37(47(52)44(36)45(40)43(29)35)50(46)38-27-31(49(5,6)7)18-24-39(38)51(41)32-19-16-30(17-20-32)48(2,3)4/h8-27H,1-7H3. The summed E-state index contributed by atoms with van der Waals surface area (Å²) >= 11 is 0. The van der Waals surface area contributed by atoms with Gasteiger partial charge in [0.05, 0.1) is 11.0 Å². The third-order valence-electron chi connectivity index (χ3n) is 12.3. The Hall–Kier alpha value is -5.54. The van der Waals surface area contributed by atoms with E-state index in [4.69, 9.17) is 0 Å². The van der Waals surface area contributed by atoms with E-state index in [0.29, 0.717) is 0 Å². The van der Waals surface area contributed by atoms with E-state index in [-0.39, 0.29) is 17.5 Å². The van der Waals surface area contributed by atoms with Crippen molar-refractivity contribution in [3.63, 3.8) is 0 Å². The second-order valence-corrected chi connectivity index (χ2v) is 17.5. The summed E-state index contributed by atoms with van der Waals surface area (Å²) in [5, 5.41) is 5.43. The first kappa shape index (κ1) is 30.1. The molecule has 0 atom stereocenters. The van der Waals surface area contributed by atoms with Crippen molar-refractivity contribution in [2.45, 2.75) is 59.3 Å². The SMILES string of the molecule is Cc1cc2c3c(c1)-n1c4ccc5cccc6c5c4c4c(ccc(c41)B3c1cc(C(C)(C)C)ccc1N2c1ccc(C(C)(C)C)cc1)-c1ccccc1-6. The number of aryl methyl sites for hydroxylation is 1. The molecule has 3 heteroatoms. The van der Waals surface area contributed by atoms with Crippen molar-refractivity contribution in [2.24, 2.45) is 0 Å². The highest BCUT2D eigenvalue weighted by Gasteiger charge is 2.43. The molecule has 0 N–H and O–H groups in total. The van der Waals surface area contributed by atoms with Crippen LogP contribution in [0.25, 0.3) is 60.5 Å². The molecule has 52 heavy (non-hydrogen) atoms. The topological polar surface area (TPSA) is 8.17 Å². The van der Waals surface area contributed by atoms with E-state index in [2.05, 4.69) is 179 Å². The van der Waals surface area contributed by atoms with Crippen LogP contribution in [-0.2, 0) is 10.8 Å². The zero-order chi connectivity index (χ0) is 35.4. The molecular formula is C49H41BN2. The smallest absolute Gasteiger partial charge is 0.252 e. The van der Waals surface area contributed by atoms with Gasteiger partial charge in [0.1, 0.15) is 0 Å². The molecule has 2 nitrogen and oxygen atoms in total. The van der Waals surface area contributed by atoms with Crippen molar-refractivity contribution in [1.29, 1.82) is 0 Å². The molecule has 0 radical (unpaired) electrons. The van der Waals surface area contributed by atoms with E-state index in [1.165, 1.54) is 111 Å². The van der Waals surface area contributed by atoms with E-state index in [9.17, 15) is 0 Å². The number of nitrogens with zero attached hydrogens (tertiary/aromatic N) is 2. The largest absolute Gasteiger partial charge is 0.311 e. The number of hydrogen-bond acceptors (Lipinski definition) is 1. The number of anilines is 3. The van der Waals surface area contributed by atoms with Crippen LogP contribution in [0.3, 0.4) is 0 Å². The third-order valence-corrected chi connectivity index (χ3v) is 12.3. The summed E-state index contributed by atoms with van der Waals surface area (Å²) in [4.78, 5) is 2.55. The summed E-state index contributed by atoms with van der Waals surface area (Å²) in [5.41, 5.74) is 21.3. The van der Waals surface area contributed by atoms with Crippen LogP contribution in [0.15, 0.2) is 121 Å². The number of rotatable bonds is 1. The summed E-state index contributed by atoms with van der Waals surface area (Å²) in [5.74, 6) is 0. The lowest BCUT2D eigenvalue weighted by Gasteiger charge is -2.41. The Labute approximate surface area is 306 Å². The van der Waals surface area contributed by atoms with Gasteiger partial charge in [-0.15, -0.1) is 0 Å². The van der Waals surface area contributed by atoms with Crippen LogP contribution in [0.1, 0.15) is 58.2 Å². The summed E-state index contributed by atoms with van der Waals surface area (Å²) < 4.78 is 2.63. The quantitative estimate of drug-likeness (QED) is 0.158. The van der Waals surface area contributed by atoms with Gasteiger partial charge in [-0.2, -0.15) is 0 Å². The van der Waals surface area contributed by atoms with Gasteiger partial charge in [0.15, 0.2) is 0 Å². The number of benzene rings is 7. The van der Waals surface area contributed by atoms with Crippen molar-refractivity contribution < 1.29 is 0 Å². The van der Waals surface area contributed by atoms with Gasteiger partial charge in [-0.3, -0.25) is 0 Å². The third kappa shape index (κ3) is 3.81. The van der Waals surface area contributed by atoms with Crippen LogP contribution in [0.2, 0.25) is 0 Å². The molecule has 0 unspecified atom stereocenters. The maximum Gasteiger partial charge on any atom is 0.252 e. The Morgan fingerprint density at radius 2 is 1.17 bits per heavy atom. The first-order chi connectivity index (χ1) is 25.0. The van der Waals surface area contributed by atoms with E-state index in [0.717, 1.165) is 0 Å². The molecule has 0 bridgehead atoms. The second kappa shape index (κ2) is 9.86. The predicted molar refractivity (Wildman–Crippen MR) is 224 cm³/mol. The Balaban J connectivity index is 1.31. The summed E-state index contributed by atoms with van der Waals surface area (Å²) in [6.45, 7) is 16.3. The Morgan fingerprint density at radius 1 is 0.500 bits per heavy atom. The maximum atomic E-state index is 2.63. The molecule has 8 aromatic rings. The average Bonchev–Trinajstić information content (AvgIpc) is 3.42. The van der Waals surface area contributed by atoms with Crippen molar-refractivity contribution >= 4 is 72.7 Å². The van der Waals surface area contributed by atoms with E-state index < -0.39 is 0 Å². The second-order valence-electron chi connectivity index (χ2n) is 17.5. The molecule has 7 aromatic carbocycles. The zero-order valence-corrected chi connectivity index (χ0v) is 31.0. The van der Waals surface area contributed by atoms with E-state index in [1.54, 1.807) is 0 Å². The molecule has 0 spiro atoms. The van der Waals surface area contributed by atoms with Crippen LogP contribution >= 0.6 is 0 Å². The molecule has 0 fully saturated rings. The summed E-state index contributed by atoms with van der Waals surface area (Å²) in [6.07, 6.45) is 0. The highest BCUT2D eigenvalue weighted by molar-refractivity contribution is 7.00. The van der Waals surface area contributed by atoms with E-state index in [1.807, 2.05) is 0 Å². The maximum absolute atomic E-state index is 2.63. The fraction of sp³-hybridized carbons (Fsp3) is 0.184. The van der Waals surface area contributed by atoms with Gasteiger partial charge in [0.25, 0.3) is 6.71 Å². The zero-order valence-electron chi connectivity index (χ0n) is 31.0. The van der Waals surface area contributed by atoms with Gasteiger partial charge in [-0.05, 0) is 120 Å². The van der Waals surface area contributed by atoms with Crippen LogP contribution in [-0.4, -0.2) is 11.3 Å². The molecule has 1 aliphatic carbocycles. The summed E-state index contributed by atoms with van der Waals surface area (Å²) in [7, 11) is 0. The highest BCUT2D eigenvalue weighted by Crippen LogP contribution is 2.51. The lowest BCUT2D eigenvalue weighted by molar-refractivity contribution is 0.590. The summed E-state index contributed by atoms with van der Waals surface area (Å²) in [6, 6.07) is 47.0. The molecule has 11 rings (SSSR count). The minimum absolute atomic E-state index is 0.0190. The van der Waals surface area contributed by atoms with Gasteiger partial charge in [0.2, 0.25) is 0 Å². The van der Waals surface area contributed by atoms with Gasteiger partial charge < -0.3 is 9.47 Å². The molecule has 0 amide bonds. The molecule has 0 saturated carbocycles. The number of fused-ring (bicyclic) bond motifs is 8. The highest BCUT2D eigenvalue weighted by atomic mass is 15.2. The minimum atomic E-state index is 0.0190. The fourth-order valence-electron chi connectivity index (χ4n) is 9.79. The van der Waals surface area contributed by atoms with Crippen molar-refractivity contribution in [1.82, 2.24) is 4.57 Å². The molecule has 1 aromatic heterocycles. The van der Waals surface area contributed by atoms with E-state index >= 15 is 0 Å². The fourth-order valence-corrected chi connectivity index (χ4v) is 9.79. The van der Waals surface area contributed by atoms with Crippen molar-refractivity contribution in [3.05, 3.63) is 138 Å². The van der Waals surface area contributed by atoms with Gasteiger partial charge in [0, 0.05) is 33.5 Å². The van der Waals surface area contributed by atoms with Gasteiger partial charge in [-0.25, -0.2) is 0 Å². The van der Waals surface area contributed by atoms with Crippen molar-refractivity contribution in [2.75, 3.05) is 4.90 Å². The molecular weight excluding hydrogens is 627 g/mol. The van der Waals surface area contributed by atoms with Crippen LogP contribution in [0, 0.1) is 6.92 Å².